The molecule has 2 amide bonds. The van der Waals surface area contributed by atoms with Crippen LogP contribution in [0.4, 0.5) is 0 Å². The van der Waals surface area contributed by atoms with Crippen molar-refractivity contribution in [2.75, 3.05) is 26.2 Å². The van der Waals surface area contributed by atoms with Crippen molar-refractivity contribution in [2.45, 2.75) is 51.4 Å². The zero-order valence-electron chi connectivity index (χ0n) is 15.5. The van der Waals surface area contributed by atoms with E-state index in [0.29, 0.717) is 30.5 Å². The summed E-state index contributed by atoms with van der Waals surface area (Å²) in [5.74, 6) is 0.986. The van der Waals surface area contributed by atoms with Gasteiger partial charge < -0.3 is 9.80 Å². The number of pyridine rings is 1. The molecular weight excluding hydrogens is 326 g/mol. The number of carbonyl (C=O) groups is 2. The summed E-state index contributed by atoms with van der Waals surface area (Å²) in [5, 5.41) is 0. The summed E-state index contributed by atoms with van der Waals surface area (Å²) in [7, 11) is 0. The molecule has 26 heavy (non-hydrogen) atoms. The smallest absolute Gasteiger partial charge is 0.255 e. The molecule has 0 bridgehead atoms. The van der Waals surface area contributed by atoms with Crippen LogP contribution in [0.2, 0.25) is 0 Å². The van der Waals surface area contributed by atoms with E-state index in [9.17, 15) is 9.59 Å². The number of aromatic nitrogens is 1. The molecule has 1 aromatic heterocycles. The Morgan fingerprint density at radius 3 is 2.77 bits per heavy atom. The SMILES string of the molecule is O=C(c1cccnc1)N1CCC2(CCCN(CC3CCCCC3)C2=O)C1. The second-order valence-electron chi connectivity index (χ2n) is 8.36. The molecule has 1 unspecified atom stereocenters. The highest BCUT2D eigenvalue weighted by atomic mass is 16.2. The van der Waals surface area contributed by atoms with E-state index in [0.717, 1.165) is 32.4 Å². The Kier molecular flexibility index (Phi) is 4.96. The van der Waals surface area contributed by atoms with Crippen LogP contribution in [-0.2, 0) is 4.79 Å². The van der Waals surface area contributed by atoms with Crippen LogP contribution >= 0.6 is 0 Å². The van der Waals surface area contributed by atoms with Crippen LogP contribution in [0, 0.1) is 11.3 Å². The first-order valence-corrected chi connectivity index (χ1v) is 10.2. The summed E-state index contributed by atoms with van der Waals surface area (Å²) in [6, 6.07) is 3.59. The fourth-order valence-electron chi connectivity index (χ4n) is 5.10. The summed E-state index contributed by atoms with van der Waals surface area (Å²) >= 11 is 0. The molecule has 0 N–H and O–H groups in total. The highest BCUT2D eigenvalue weighted by molar-refractivity contribution is 5.95. The van der Waals surface area contributed by atoms with E-state index < -0.39 is 0 Å². The summed E-state index contributed by atoms with van der Waals surface area (Å²) in [6.45, 7) is 3.07. The molecule has 1 spiro atoms. The highest BCUT2D eigenvalue weighted by Crippen LogP contribution is 2.41. The Hall–Kier alpha value is -1.91. The van der Waals surface area contributed by atoms with Gasteiger partial charge in [0.2, 0.25) is 5.91 Å². The fraction of sp³-hybridized carbons (Fsp3) is 0.667. The standard InChI is InChI=1S/C21H29N3O2/c25-19(18-8-4-11-22-14-18)24-13-10-21(16-24)9-5-12-23(20(21)26)15-17-6-2-1-3-7-17/h4,8,11,14,17H,1-3,5-7,9-10,12-13,15-16H2. The molecule has 0 radical (unpaired) electrons. The number of hydrogen-bond acceptors (Lipinski definition) is 3. The van der Waals surface area contributed by atoms with Crippen LogP contribution < -0.4 is 0 Å². The minimum atomic E-state index is -0.342. The van der Waals surface area contributed by atoms with Crippen molar-refractivity contribution in [3.8, 4) is 0 Å². The average molecular weight is 355 g/mol. The van der Waals surface area contributed by atoms with Gasteiger partial charge >= 0.3 is 0 Å². The fourth-order valence-corrected chi connectivity index (χ4v) is 5.10. The maximum atomic E-state index is 13.3. The number of likely N-dealkylation sites (tertiary alicyclic amines) is 2. The van der Waals surface area contributed by atoms with Gasteiger partial charge in [-0.25, -0.2) is 0 Å². The molecule has 3 aliphatic rings. The van der Waals surface area contributed by atoms with Crippen LogP contribution in [0.1, 0.15) is 61.7 Å². The van der Waals surface area contributed by atoms with Crippen molar-refractivity contribution in [3.05, 3.63) is 30.1 Å². The average Bonchev–Trinajstić information content (AvgIpc) is 3.12. The van der Waals surface area contributed by atoms with Crippen LogP contribution in [0.25, 0.3) is 0 Å². The van der Waals surface area contributed by atoms with Crippen molar-refractivity contribution in [1.29, 1.82) is 0 Å². The van der Waals surface area contributed by atoms with E-state index >= 15 is 0 Å². The van der Waals surface area contributed by atoms with Gasteiger partial charge in [0.1, 0.15) is 0 Å². The quantitative estimate of drug-likeness (QED) is 0.837. The van der Waals surface area contributed by atoms with Gasteiger partial charge in [0.25, 0.3) is 5.91 Å². The molecule has 0 aromatic carbocycles. The molecule has 1 aliphatic carbocycles. The molecular formula is C21H29N3O2. The normalized spacial score (nSPS) is 27.3. The molecule has 3 fully saturated rings. The summed E-state index contributed by atoms with van der Waals surface area (Å²) < 4.78 is 0. The lowest BCUT2D eigenvalue weighted by atomic mass is 9.77. The number of amides is 2. The zero-order valence-corrected chi connectivity index (χ0v) is 15.5. The van der Waals surface area contributed by atoms with E-state index in [2.05, 4.69) is 9.88 Å². The third-order valence-corrected chi connectivity index (χ3v) is 6.58. The topological polar surface area (TPSA) is 53.5 Å². The monoisotopic (exact) mass is 355 g/mol. The van der Waals surface area contributed by atoms with Crippen molar-refractivity contribution >= 4 is 11.8 Å². The minimum absolute atomic E-state index is 0.00665. The second-order valence-corrected chi connectivity index (χ2v) is 8.36. The molecule has 2 aliphatic heterocycles. The van der Waals surface area contributed by atoms with Crippen LogP contribution in [-0.4, -0.2) is 52.8 Å². The Balaban J connectivity index is 1.43. The van der Waals surface area contributed by atoms with Crippen LogP contribution in [0.15, 0.2) is 24.5 Å². The Morgan fingerprint density at radius 2 is 2.00 bits per heavy atom. The first-order valence-electron chi connectivity index (χ1n) is 10.2. The highest BCUT2D eigenvalue weighted by Gasteiger charge is 2.49. The third kappa shape index (κ3) is 3.36. The number of rotatable bonds is 3. The minimum Gasteiger partial charge on any atom is -0.342 e. The van der Waals surface area contributed by atoms with Gasteiger partial charge in [0.05, 0.1) is 11.0 Å². The first-order chi connectivity index (χ1) is 12.7. The summed E-state index contributed by atoms with van der Waals surface area (Å²) in [4.78, 5) is 34.1. The van der Waals surface area contributed by atoms with Crippen molar-refractivity contribution in [1.82, 2.24) is 14.8 Å². The van der Waals surface area contributed by atoms with E-state index in [-0.39, 0.29) is 11.3 Å². The molecule has 3 heterocycles. The largest absolute Gasteiger partial charge is 0.342 e. The molecule has 4 rings (SSSR count). The predicted molar refractivity (Wildman–Crippen MR) is 99.6 cm³/mol. The van der Waals surface area contributed by atoms with Crippen molar-refractivity contribution in [3.63, 3.8) is 0 Å². The van der Waals surface area contributed by atoms with Crippen LogP contribution in [0.3, 0.4) is 0 Å². The van der Waals surface area contributed by atoms with Gasteiger partial charge in [-0.2, -0.15) is 0 Å². The molecule has 5 heteroatoms. The van der Waals surface area contributed by atoms with Crippen LogP contribution in [0.5, 0.6) is 0 Å². The van der Waals surface area contributed by atoms with Crippen molar-refractivity contribution < 1.29 is 9.59 Å². The lowest BCUT2D eigenvalue weighted by Gasteiger charge is -2.41. The van der Waals surface area contributed by atoms with E-state index in [1.807, 2.05) is 4.90 Å². The maximum Gasteiger partial charge on any atom is 0.255 e. The van der Waals surface area contributed by atoms with Gasteiger partial charge in [-0.15, -0.1) is 0 Å². The lowest BCUT2D eigenvalue weighted by molar-refractivity contribution is -0.146. The Bertz CT molecular complexity index is 656. The van der Waals surface area contributed by atoms with Crippen molar-refractivity contribution in [2.24, 2.45) is 11.3 Å². The van der Waals surface area contributed by atoms with Gasteiger partial charge in [-0.05, 0) is 50.2 Å². The third-order valence-electron chi connectivity index (χ3n) is 6.58. The van der Waals surface area contributed by atoms with Gasteiger partial charge in [-0.3, -0.25) is 14.6 Å². The molecule has 140 valence electrons. The summed E-state index contributed by atoms with van der Waals surface area (Å²) in [5.41, 5.74) is 0.275. The number of carbonyl (C=O) groups excluding carboxylic acids is 2. The molecule has 2 saturated heterocycles. The lowest BCUT2D eigenvalue weighted by Crippen LogP contribution is -2.51. The number of nitrogens with zero attached hydrogens (tertiary/aromatic N) is 3. The van der Waals surface area contributed by atoms with E-state index in [4.69, 9.17) is 0 Å². The van der Waals surface area contributed by atoms with Gasteiger partial charge in [0.15, 0.2) is 0 Å². The molecule has 1 atom stereocenters. The molecule has 5 nitrogen and oxygen atoms in total. The first kappa shape index (κ1) is 17.5. The van der Waals surface area contributed by atoms with E-state index in [1.54, 1.807) is 24.5 Å². The molecule has 1 aromatic rings. The van der Waals surface area contributed by atoms with Gasteiger partial charge in [0, 0.05) is 38.6 Å². The molecule has 1 saturated carbocycles. The Labute approximate surface area is 155 Å². The predicted octanol–water partition coefficient (Wildman–Crippen LogP) is 3.12. The summed E-state index contributed by atoms with van der Waals surface area (Å²) in [6.07, 6.45) is 12.6. The van der Waals surface area contributed by atoms with Gasteiger partial charge in [-0.1, -0.05) is 19.3 Å². The van der Waals surface area contributed by atoms with E-state index in [1.165, 1.54) is 32.1 Å². The zero-order chi connectivity index (χ0) is 18.0. The number of hydrogen-bond donors (Lipinski definition) is 0. The number of piperidine rings is 1. The maximum absolute atomic E-state index is 13.3. The Morgan fingerprint density at radius 1 is 1.15 bits per heavy atom. The second kappa shape index (κ2) is 7.37.